The average Bonchev–Trinajstić information content (AvgIpc) is 2.90. The summed E-state index contributed by atoms with van der Waals surface area (Å²) in [6.07, 6.45) is -2.45. The molecule has 25 heavy (non-hydrogen) atoms. The van der Waals surface area contributed by atoms with Gasteiger partial charge in [-0.15, -0.1) is 0 Å². The Hall–Kier alpha value is -2.45. The Morgan fingerprint density at radius 2 is 1.80 bits per heavy atom. The van der Waals surface area contributed by atoms with E-state index in [9.17, 15) is 14.4 Å². The lowest BCUT2D eigenvalue weighted by atomic mass is 10.1. The fourth-order valence-corrected chi connectivity index (χ4v) is 2.57. The van der Waals surface area contributed by atoms with Crippen LogP contribution in [0.3, 0.4) is 0 Å². The van der Waals surface area contributed by atoms with Gasteiger partial charge in [0, 0.05) is 26.5 Å². The molecule has 8 nitrogen and oxygen atoms in total. The number of amides is 1. The van der Waals surface area contributed by atoms with Gasteiger partial charge in [-0.3, -0.25) is 14.4 Å². The Kier molecular flexibility index (Phi) is 6.49. The highest BCUT2D eigenvalue weighted by Crippen LogP contribution is 2.25. The number of hydrogen-bond acceptors (Lipinski definition) is 7. The van der Waals surface area contributed by atoms with E-state index in [0.717, 1.165) is 0 Å². The van der Waals surface area contributed by atoms with Gasteiger partial charge in [-0.05, 0) is 12.1 Å². The van der Waals surface area contributed by atoms with E-state index in [1.807, 2.05) is 0 Å². The maximum atomic E-state index is 12.4. The van der Waals surface area contributed by atoms with Crippen LogP contribution >= 0.6 is 0 Å². The Bertz CT molecular complexity index is 619. The van der Waals surface area contributed by atoms with Crippen molar-refractivity contribution in [3.63, 3.8) is 0 Å². The zero-order valence-corrected chi connectivity index (χ0v) is 14.3. The van der Waals surface area contributed by atoms with Crippen molar-refractivity contribution >= 4 is 17.8 Å². The predicted octanol–water partition coefficient (Wildman–Crippen LogP) is 0.651. The second-order valence-electron chi connectivity index (χ2n) is 5.52. The van der Waals surface area contributed by atoms with Crippen LogP contribution < -0.4 is 5.32 Å². The van der Waals surface area contributed by atoms with Crippen LogP contribution in [0.15, 0.2) is 30.3 Å². The quantitative estimate of drug-likeness (QED) is 0.751. The number of carbonyl (C=O) groups excluding carboxylic acids is 3. The Labute approximate surface area is 145 Å². The molecule has 0 radical (unpaired) electrons. The minimum Gasteiger partial charge on any atom is -0.463 e. The van der Waals surface area contributed by atoms with Crippen molar-refractivity contribution in [2.45, 2.75) is 38.4 Å². The number of methoxy groups -OCH3 is 1. The molecule has 1 fully saturated rings. The highest BCUT2D eigenvalue weighted by molar-refractivity contribution is 5.94. The SMILES string of the molecule is CO[C@H]1O[C@H](COC(C)=O)[C@H](OC(C)=O)[C@@H]1NC(=O)c1ccccc1. The van der Waals surface area contributed by atoms with Gasteiger partial charge < -0.3 is 24.3 Å². The third-order valence-corrected chi connectivity index (χ3v) is 3.64. The van der Waals surface area contributed by atoms with Crippen molar-refractivity contribution in [1.29, 1.82) is 0 Å². The lowest BCUT2D eigenvalue weighted by Crippen LogP contribution is -2.50. The third-order valence-electron chi connectivity index (χ3n) is 3.64. The molecule has 0 aromatic heterocycles. The molecule has 136 valence electrons. The molecule has 2 rings (SSSR count). The van der Waals surface area contributed by atoms with Gasteiger partial charge in [0.2, 0.25) is 0 Å². The zero-order valence-electron chi connectivity index (χ0n) is 14.3. The van der Waals surface area contributed by atoms with Crippen molar-refractivity contribution in [3.8, 4) is 0 Å². The number of hydrogen-bond donors (Lipinski definition) is 1. The maximum Gasteiger partial charge on any atom is 0.303 e. The molecule has 4 atom stereocenters. The first kappa shape index (κ1) is 18.9. The average molecular weight is 351 g/mol. The van der Waals surface area contributed by atoms with Gasteiger partial charge in [-0.1, -0.05) is 18.2 Å². The van der Waals surface area contributed by atoms with Crippen LogP contribution in [0.4, 0.5) is 0 Å². The van der Waals surface area contributed by atoms with Crippen LogP contribution in [0.25, 0.3) is 0 Å². The van der Waals surface area contributed by atoms with E-state index in [1.165, 1.54) is 21.0 Å². The fraction of sp³-hybridized carbons (Fsp3) is 0.471. The standard InChI is InChI=1S/C17H21NO7/c1-10(19)23-9-13-15(24-11(2)20)14(17(22-3)25-13)18-16(21)12-7-5-4-6-8-12/h4-8,13-15,17H,9H2,1-3H3,(H,18,21)/t13-,14+,15+,17+/m1/s1. The first-order chi connectivity index (χ1) is 11.9. The van der Waals surface area contributed by atoms with E-state index in [1.54, 1.807) is 30.3 Å². The largest absolute Gasteiger partial charge is 0.463 e. The summed E-state index contributed by atoms with van der Waals surface area (Å²) in [4.78, 5) is 34.9. The Morgan fingerprint density at radius 3 is 2.36 bits per heavy atom. The molecule has 1 N–H and O–H groups in total. The van der Waals surface area contributed by atoms with E-state index in [4.69, 9.17) is 18.9 Å². The molecular formula is C17H21NO7. The molecule has 0 bridgehead atoms. The zero-order chi connectivity index (χ0) is 18.4. The van der Waals surface area contributed by atoms with Gasteiger partial charge in [-0.2, -0.15) is 0 Å². The van der Waals surface area contributed by atoms with Gasteiger partial charge in [0.1, 0.15) is 18.8 Å². The number of ether oxygens (including phenoxy) is 4. The Morgan fingerprint density at radius 1 is 1.12 bits per heavy atom. The van der Waals surface area contributed by atoms with Crippen molar-refractivity contribution in [2.24, 2.45) is 0 Å². The minimum absolute atomic E-state index is 0.120. The number of esters is 2. The summed E-state index contributed by atoms with van der Waals surface area (Å²) in [7, 11) is 1.41. The molecule has 8 heteroatoms. The smallest absolute Gasteiger partial charge is 0.303 e. The van der Waals surface area contributed by atoms with E-state index in [0.29, 0.717) is 5.56 Å². The number of nitrogens with one attached hydrogen (secondary N) is 1. The number of carbonyl (C=O) groups is 3. The molecule has 0 unspecified atom stereocenters. The first-order valence-electron chi connectivity index (χ1n) is 7.77. The lowest BCUT2D eigenvalue weighted by Gasteiger charge is -2.24. The molecule has 1 aliphatic rings. The molecular weight excluding hydrogens is 330 g/mol. The van der Waals surface area contributed by atoms with Crippen LogP contribution in [0.1, 0.15) is 24.2 Å². The molecule has 0 saturated carbocycles. The van der Waals surface area contributed by atoms with Crippen LogP contribution in [0.5, 0.6) is 0 Å². The lowest BCUT2D eigenvalue weighted by molar-refractivity contribution is -0.161. The second kappa shape index (κ2) is 8.59. The maximum absolute atomic E-state index is 12.4. The summed E-state index contributed by atoms with van der Waals surface area (Å²) in [6.45, 7) is 2.39. The van der Waals surface area contributed by atoms with Gasteiger partial charge in [0.25, 0.3) is 5.91 Å². The number of benzene rings is 1. The van der Waals surface area contributed by atoms with E-state index >= 15 is 0 Å². The molecule has 1 heterocycles. The minimum atomic E-state index is -0.852. The molecule has 1 aromatic carbocycles. The monoisotopic (exact) mass is 351 g/mol. The number of rotatable bonds is 6. The van der Waals surface area contributed by atoms with Gasteiger partial charge in [0.05, 0.1) is 0 Å². The van der Waals surface area contributed by atoms with Gasteiger partial charge >= 0.3 is 11.9 Å². The summed E-state index contributed by atoms with van der Waals surface area (Å²) in [6, 6.07) is 7.84. The van der Waals surface area contributed by atoms with Crippen molar-refractivity contribution in [1.82, 2.24) is 5.32 Å². The fourth-order valence-electron chi connectivity index (χ4n) is 2.57. The van der Waals surface area contributed by atoms with Crippen molar-refractivity contribution in [3.05, 3.63) is 35.9 Å². The van der Waals surface area contributed by atoms with Crippen LogP contribution in [-0.2, 0) is 28.5 Å². The summed E-state index contributed by atoms with van der Waals surface area (Å²) >= 11 is 0. The van der Waals surface area contributed by atoms with E-state index < -0.39 is 36.5 Å². The van der Waals surface area contributed by atoms with E-state index in [2.05, 4.69) is 5.32 Å². The predicted molar refractivity (Wildman–Crippen MR) is 85.6 cm³/mol. The molecule has 1 aromatic rings. The van der Waals surface area contributed by atoms with E-state index in [-0.39, 0.29) is 12.5 Å². The molecule has 0 aliphatic carbocycles. The molecule has 1 saturated heterocycles. The summed E-state index contributed by atoms with van der Waals surface area (Å²) in [5.41, 5.74) is 0.447. The summed E-state index contributed by atoms with van der Waals surface area (Å²) < 4.78 is 21.1. The van der Waals surface area contributed by atoms with Gasteiger partial charge in [0.15, 0.2) is 12.4 Å². The van der Waals surface area contributed by atoms with Crippen molar-refractivity contribution < 1.29 is 33.3 Å². The van der Waals surface area contributed by atoms with Crippen molar-refractivity contribution in [2.75, 3.05) is 13.7 Å². The molecule has 1 amide bonds. The summed E-state index contributed by atoms with van der Waals surface area (Å²) in [5.74, 6) is -1.39. The van der Waals surface area contributed by atoms with Crippen LogP contribution in [0, 0.1) is 0 Å². The topological polar surface area (TPSA) is 100 Å². The van der Waals surface area contributed by atoms with Crippen LogP contribution in [-0.4, -0.2) is 56.1 Å². The summed E-state index contributed by atoms with van der Waals surface area (Å²) in [5, 5.41) is 2.76. The van der Waals surface area contributed by atoms with Crippen LogP contribution in [0.2, 0.25) is 0 Å². The highest BCUT2D eigenvalue weighted by atomic mass is 16.7. The highest BCUT2D eigenvalue weighted by Gasteiger charge is 2.48. The second-order valence-corrected chi connectivity index (χ2v) is 5.52. The first-order valence-corrected chi connectivity index (χ1v) is 7.77. The Balaban J connectivity index is 2.16. The molecule has 1 aliphatic heterocycles. The molecule has 0 spiro atoms. The normalized spacial score (nSPS) is 25.2. The third kappa shape index (κ3) is 5.01. The van der Waals surface area contributed by atoms with Gasteiger partial charge in [-0.25, -0.2) is 0 Å².